The molecule has 0 aliphatic rings. The highest BCUT2D eigenvalue weighted by Gasteiger charge is 2.34. The van der Waals surface area contributed by atoms with Crippen LogP contribution in [0.25, 0.3) is 0 Å². The highest BCUT2D eigenvalue weighted by Crippen LogP contribution is 2.36. The Morgan fingerprint density at radius 1 is 1.29 bits per heavy atom. The second kappa shape index (κ2) is 4.44. The number of ether oxygens (including phenoxy) is 1. The second-order valence-corrected chi connectivity index (χ2v) is 3.05. The van der Waals surface area contributed by atoms with Crippen LogP contribution in [0.15, 0.2) is 18.2 Å². The van der Waals surface area contributed by atoms with Crippen LogP contribution in [0.1, 0.15) is 15.9 Å². The smallest absolute Gasteiger partial charge is 0.419 e. The molecule has 0 aliphatic heterocycles. The molecule has 92 valence electrons. The number of carboxylic acids is 1. The van der Waals surface area contributed by atoms with Gasteiger partial charge in [0.15, 0.2) is 0 Å². The number of alkyl halides is 3. The summed E-state index contributed by atoms with van der Waals surface area (Å²) in [6, 6.07) is 2.15. The van der Waals surface area contributed by atoms with Crippen molar-refractivity contribution >= 4 is 11.8 Å². The molecule has 0 radical (unpaired) electrons. The third kappa shape index (κ3) is 2.74. The molecule has 0 aliphatic carbocycles. The van der Waals surface area contributed by atoms with Crippen LogP contribution in [0.4, 0.5) is 13.2 Å². The summed E-state index contributed by atoms with van der Waals surface area (Å²) >= 11 is 0. The largest absolute Gasteiger partial charge is 0.496 e. The van der Waals surface area contributed by atoms with E-state index >= 15 is 0 Å². The zero-order valence-corrected chi connectivity index (χ0v) is 8.54. The second-order valence-electron chi connectivity index (χ2n) is 3.05. The van der Waals surface area contributed by atoms with Crippen molar-refractivity contribution in [2.75, 3.05) is 7.11 Å². The van der Waals surface area contributed by atoms with Crippen molar-refractivity contribution in [3.05, 3.63) is 29.3 Å². The van der Waals surface area contributed by atoms with Crippen molar-refractivity contribution in [3.63, 3.8) is 0 Å². The van der Waals surface area contributed by atoms with Gasteiger partial charge in [0.25, 0.3) is 5.78 Å². The molecule has 7 heteroatoms. The highest BCUT2D eigenvalue weighted by molar-refractivity contribution is 6.39. The molecule has 1 aromatic rings. The number of methoxy groups -OCH3 is 1. The quantitative estimate of drug-likeness (QED) is 0.656. The molecule has 0 heterocycles. The minimum absolute atomic E-state index is 0.373. The van der Waals surface area contributed by atoms with E-state index < -0.39 is 29.2 Å². The minimum Gasteiger partial charge on any atom is -0.496 e. The van der Waals surface area contributed by atoms with Crippen LogP contribution in [0.3, 0.4) is 0 Å². The van der Waals surface area contributed by atoms with Gasteiger partial charge in [0, 0.05) is 5.56 Å². The van der Waals surface area contributed by atoms with Gasteiger partial charge in [0.1, 0.15) is 5.75 Å². The van der Waals surface area contributed by atoms with Gasteiger partial charge in [-0.3, -0.25) is 4.79 Å². The lowest BCUT2D eigenvalue weighted by molar-refractivity contribution is -0.138. The Kier molecular flexibility index (Phi) is 3.40. The average molecular weight is 248 g/mol. The van der Waals surface area contributed by atoms with Crippen LogP contribution in [0.2, 0.25) is 0 Å². The van der Waals surface area contributed by atoms with Gasteiger partial charge in [-0.2, -0.15) is 13.2 Å². The van der Waals surface area contributed by atoms with Crippen molar-refractivity contribution < 1.29 is 32.6 Å². The van der Waals surface area contributed by atoms with Crippen LogP contribution in [-0.4, -0.2) is 24.0 Å². The van der Waals surface area contributed by atoms with Gasteiger partial charge >= 0.3 is 12.1 Å². The average Bonchev–Trinajstić information content (AvgIpc) is 2.25. The van der Waals surface area contributed by atoms with E-state index in [1.165, 1.54) is 0 Å². The van der Waals surface area contributed by atoms with Gasteiger partial charge in [-0.15, -0.1) is 0 Å². The molecular weight excluding hydrogens is 241 g/mol. The molecule has 1 aromatic carbocycles. The van der Waals surface area contributed by atoms with Crippen LogP contribution >= 0.6 is 0 Å². The lowest BCUT2D eigenvalue weighted by Gasteiger charge is -2.12. The summed E-state index contributed by atoms with van der Waals surface area (Å²) in [6.07, 6.45) is -4.63. The first kappa shape index (κ1) is 13.0. The molecule has 0 atom stereocenters. The van der Waals surface area contributed by atoms with Gasteiger partial charge in [-0.05, 0) is 18.2 Å². The number of hydrogen-bond acceptors (Lipinski definition) is 3. The molecule has 0 fully saturated rings. The number of carbonyl (C=O) groups is 2. The molecule has 0 saturated carbocycles. The fourth-order valence-corrected chi connectivity index (χ4v) is 1.19. The SMILES string of the molecule is COc1cc(C(=O)C(=O)O)ccc1C(F)(F)F. The summed E-state index contributed by atoms with van der Waals surface area (Å²) in [4.78, 5) is 21.4. The Morgan fingerprint density at radius 2 is 1.88 bits per heavy atom. The monoisotopic (exact) mass is 248 g/mol. The summed E-state index contributed by atoms with van der Waals surface area (Å²) in [6.45, 7) is 0. The van der Waals surface area contributed by atoms with Gasteiger partial charge in [-0.1, -0.05) is 0 Å². The van der Waals surface area contributed by atoms with E-state index in [1.807, 2.05) is 0 Å². The number of rotatable bonds is 3. The number of aliphatic carboxylic acids is 1. The zero-order valence-electron chi connectivity index (χ0n) is 8.54. The van der Waals surface area contributed by atoms with Gasteiger partial charge < -0.3 is 9.84 Å². The molecular formula is C10H7F3O4. The van der Waals surface area contributed by atoms with E-state index in [0.29, 0.717) is 6.07 Å². The van der Waals surface area contributed by atoms with Crippen molar-refractivity contribution in [3.8, 4) is 5.75 Å². The number of ketones is 1. The standard InChI is InChI=1S/C10H7F3O4/c1-17-7-4-5(8(14)9(15)16)2-3-6(7)10(11,12)13/h2-4H,1H3,(H,15,16). The topological polar surface area (TPSA) is 63.6 Å². The van der Waals surface area contributed by atoms with Crippen molar-refractivity contribution in [2.45, 2.75) is 6.18 Å². The van der Waals surface area contributed by atoms with E-state index in [1.54, 1.807) is 0 Å². The van der Waals surface area contributed by atoms with E-state index in [2.05, 4.69) is 4.74 Å². The zero-order chi connectivity index (χ0) is 13.2. The fraction of sp³-hybridized carbons (Fsp3) is 0.200. The molecule has 4 nitrogen and oxygen atoms in total. The van der Waals surface area contributed by atoms with Crippen molar-refractivity contribution in [2.24, 2.45) is 0 Å². The molecule has 1 N–H and O–H groups in total. The number of Topliss-reactive ketones (excluding diaryl/α,β-unsaturated/α-hetero) is 1. The number of hydrogen-bond donors (Lipinski definition) is 1. The van der Waals surface area contributed by atoms with E-state index in [4.69, 9.17) is 5.11 Å². The normalized spacial score (nSPS) is 11.1. The molecule has 0 unspecified atom stereocenters. The van der Waals surface area contributed by atoms with E-state index in [-0.39, 0.29) is 5.56 Å². The Balaban J connectivity index is 3.27. The van der Waals surface area contributed by atoms with Gasteiger partial charge in [0.05, 0.1) is 12.7 Å². The Bertz CT molecular complexity index is 465. The lowest BCUT2D eigenvalue weighted by Crippen LogP contribution is -2.14. The molecule has 0 spiro atoms. The first-order valence-electron chi connectivity index (χ1n) is 4.30. The Hall–Kier alpha value is -2.05. The van der Waals surface area contributed by atoms with Gasteiger partial charge in [0.2, 0.25) is 0 Å². The molecule has 17 heavy (non-hydrogen) atoms. The highest BCUT2D eigenvalue weighted by atomic mass is 19.4. The lowest BCUT2D eigenvalue weighted by atomic mass is 10.1. The Labute approximate surface area is 93.6 Å². The Morgan fingerprint density at radius 3 is 2.29 bits per heavy atom. The predicted octanol–water partition coefficient (Wildman–Crippen LogP) is 1.98. The van der Waals surface area contributed by atoms with E-state index in [9.17, 15) is 22.8 Å². The maximum absolute atomic E-state index is 12.4. The number of halogens is 3. The summed E-state index contributed by atoms with van der Waals surface area (Å²) < 4.78 is 41.8. The summed E-state index contributed by atoms with van der Waals surface area (Å²) in [5.74, 6) is -3.63. The predicted molar refractivity (Wildman–Crippen MR) is 50.0 cm³/mol. The fourth-order valence-electron chi connectivity index (χ4n) is 1.19. The third-order valence-corrected chi connectivity index (χ3v) is 1.96. The maximum Gasteiger partial charge on any atom is 0.419 e. The number of carbonyl (C=O) groups excluding carboxylic acids is 1. The third-order valence-electron chi connectivity index (χ3n) is 1.96. The molecule has 0 saturated heterocycles. The molecule has 0 amide bonds. The first-order valence-corrected chi connectivity index (χ1v) is 4.30. The first-order chi connectivity index (χ1) is 7.77. The van der Waals surface area contributed by atoms with Crippen LogP contribution in [-0.2, 0) is 11.0 Å². The van der Waals surface area contributed by atoms with Crippen molar-refractivity contribution in [1.29, 1.82) is 0 Å². The van der Waals surface area contributed by atoms with Crippen LogP contribution < -0.4 is 4.74 Å². The van der Waals surface area contributed by atoms with Crippen molar-refractivity contribution in [1.82, 2.24) is 0 Å². The maximum atomic E-state index is 12.4. The molecule has 0 bridgehead atoms. The number of carboxylic acid groups (broad SMARTS) is 1. The van der Waals surface area contributed by atoms with E-state index in [0.717, 1.165) is 19.2 Å². The summed E-state index contributed by atoms with van der Waals surface area (Å²) in [5, 5.41) is 8.42. The molecule has 1 rings (SSSR count). The summed E-state index contributed by atoms with van der Waals surface area (Å²) in [5.41, 5.74) is -1.44. The van der Waals surface area contributed by atoms with Crippen LogP contribution in [0.5, 0.6) is 5.75 Å². The van der Waals surface area contributed by atoms with Gasteiger partial charge in [-0.25, -0.2) is 4.79 Å². The molecule has 0 aromatic heterocycles. The van der Waals surface area contributed by atoms with Crippen LogP contribution in [0, 0.1) is 0 Å². The summed E-state index contributed by atoms with van der Waals surface area (Å²) in [7, 11) is 1.000. The number of benzene rings is 1. The minimum atomic E-state index is -4.63.